The fraction of sp³-hybridized carbons (Fsp3) is 0.644. The van der Waals surface area contributed by atoms with E-state index >= 15 is 8.78 Å². The standard InChI is InChI=1S/C21H31ClFN3O5.C19H29ClFN3O4.C17H23ClFN3O5.C16H24ClFN4O4/c1-4-6-8-16(27)29-13-21(12-22)19(30-17(28)9-7-5-2)18(23)20(31-21)26-11-10-15(24)25-14(26)3;1-3-4-5-6-7-8-15(25)27-12-19(11-20)17(26)16(21)18(28-19)24-10-9-14(22)23-13(24)2;1-4-12(23)25-9-17(8-18)15(26-13(24)5-2)14(19)16(27-17)22-7-6-11(20)21-10(22)3;1-8(2)12(20)15(24)25-7-16(6-17)13(23)11(18)14(26-16)22-5-4-10(19)21-9(22)3/h10-11,18-20H,3-9,12-13H2,1-2H3,(H2,24,25);9-10,16-18,26H,2-8,11-12H2,1H3,(H2,22,23);6-7,14-16H,3-5,8-9H2,1-2H3,(H2,20,21);4-5,8,11-14,23H,3,6-7,20H2,1-2H3,(H2,19,21)/t18-,19+,20-,21-;16-,17+,18-,19-;14-,15+,16-,17-;11-,12?,13+,14-,16-/m1111/s1. The Morgan fingerprint density at radius 1 is 0.455 bits per heavy atom. The molecule has 112 heavy (non-hydrogen) atoms. The Hall–Kier alpha value is -7.58. The van der Waals surface area contributed by atoms with Gasteiger partial charge in [0, 0.05) is 56.9 Å². The average molecular weight is 1670 g/mol. The maximum atomic E-state index is 15.6. The van der Waals surface area contributed by atoms with E-state index in [1.54, 1.807) is 27.7 Å². The summed E-state index contributed by atoms with van der Waals surface area (Å²) in [5.41, 5.74) is 21.8. The fourth-order valence-corrected chi connectivity index (χ4v) is 12.9. The number of nitrogens with two attached hydrogens (primary N) is 5. The molecule has 0 aromatic carbocycles. The molecule has 17 atom stereocenters. The highest BCUT2D eigenvalue weighted by Gasteiger charge is 2.63. The Balaban J connectivity index is 0.000000268. The van der Waals surface area contributed by atoms with Crippen LogP contribution in [-0.4, -0.2) is 241 Å². The number of ether oxygens (including phenoxy) is 10. The van der Waals surface area contributed by atoms with E-state index in [2.05, 4.69) is 53.2 Å². The monoisotopic (exact) mass is 1670 g/mol. The molecule has 4 fully saturated rings. The molecule has 0 saturated carbocycles. The molecule has 8 aliphatic heterocycles. The van der Waals surface area contributed by atoms with Crippen LogP contribution >= 0.6 is 46.4 Å². The Morgan fingerprint density at radius 2 is 0.750 bits per heavy atom. The lowest BCUT2D eigenvalue weighted by atomic mass is 9.98. The van der Waals surface area contributed by atoms with Gasteiger partial charge in [-0.3, -0.25) is 28.8 Å². The van der Waals surface area contributed by atoms with Crippen molar-refractivity contribution in [3.05, 3.63) is 98.7 Å². The van der Waals surface area contributed by atoms with Gasteiger partial charge in [-0.2, -0.15) is 0 Å². The van der Waals surface area contributed by atoms with Gasteiger partial charge in [0.15, 0.2) is 73.0 Å². The zero-order valence-corrected chi connectivity index (χ0v) is 67.0. The van der Waals surface area contributed by atoms with Crippen molar-refractivity contribution in [2.75, 3.05) is 49.9 Å². The first-order valence-corrected chi connectivity index (χ1v) is 38.8. The normalized spacial score (nSPS) is 30.1. The van der Waals surface area contributed by atoms with Crippen LogP contribution in [0.3, 0.4) is 0 Å². The molecular formula is C73H107Cl4F4N13O18. The van der Waals surface area contributed by atoms with E-state index in [0.717, 1.165) is 44.9 Å². The summed E-state index contributed by atoms with van der Waals surface area (Å²) in [5.74, 6) is -2.98. The zero-order valence-electron chi connectivity index (χ0n) is 64.0. The van der Waals surface area contributed by atoms with Gasteiger partial charge in [-0.15, -0.1) is 46.4 Å². The lowest BCUT2D eigenvalue weighted by Crippen LogP contribution is -2.50. The highest BCUT2D eigenvalue weighted by atomic mass is 35.5. The fourth-order valence-electron chi connectivity index (χ4n) is 11.7. The van der Waals surface area contributed by atoms with E-state index in [4.69, 9.17) is 122 Å². The summed E-state index contributed by atoms with van der Waals surface area (Å²) in [5, 5.41) is 20.8. The Morgan fingerprint density at radius 3 is 1.08 bits per heavy atom. The second-order valence-electron chi connectivity index (χ2n) is 27.5. The number of carbonyl (C=O) groups excluding carboxylic acids is 6. The van der Waals surface area contributed by atoms with Gasteiger partial charge in [0.2, 0.25) is 0 Å². The summed E-state index contributed by atoms with van der Waals surface area (Å²) < 4.78 is 115. The van der Waals surface area contributed by atoms with Gasteiger partial charge in [-0.1, -0.05) is 113 Å². The number of hydrogen-bond acceptors (Lipinski definition) is 31. The highest BCUT2D eigenvalue weighted by molar-refractivity contribution is 6.19. The minimum absolute atomic E-state index is 0.0398. The molecule has 1 unspecified atom stereocenters. The molecular weight excluding hydrogens is 1560 g/mol. The minimum Gasteiger partial charge on any atom is -0.462 e. The number of nitrogens with zero attached hydrogens (tertiary/aromatic N) is 8. The molecule has 12 N–H and O–H groups in total. The van der Waals surface area contributed by atoms with Crippen molar-refractivity contribution in [1.29, 1.82) is 0 Å². The zero-order chi connectivity index (χ0) is 83.6. The molecule has 0 radical (unpaired) electrons. The summed E-state index contributed by atoms with van der Waals surface area (Å²) in [7, 11) is 0. The molecule has 0 spiro atoms. The quantitative estimate of drug-likeness (QED) is 0.0108. The van der Waals surface area contributed by atoms with E-state index in [1.807, 2.05) is 13.8 Å². The minimum atomic E-state index is -1.85. The third-order valence-corrected chi connectivity index (χ3v) is 20.4. The van der Waals surface area contributed by atoms with Crippen LogP contribution in [-0.2, 0) is 76.1 Å². The van der Waals surface area contributed by atoms with Gasteiger partial charge in [0.05, 0.1) is 23.5 Å². The number of alkyl halides is 8. The molecule has 0 bridgehead atoms. The molecule has 0 aromatic rings. The Labute approximate surface area is 669 Å². The average Bonchev–Trinajstić information content (AvgIpc) is 1.63. The van der Waals surface area contributed by atoms with Crippen molar-refractivity contribution in [3.63, 3.8) is 0 Å². The van der Waals surface area contributed by atoms with E-state index in [0.29, 0.717) is 12.8 Å². The molecule has 0 amide bonds. The molecule has 8 aliphatic rings. The number of aliphatic hydroxyl groups excluding tert-OH is 2. The van der Waals surface area contributed by atoms with Crippen LogP contribution in [0.2, 0.25) is 0 Å². The van der Waals surface area contributed by atoms with Gasteiger partial charge in [0.1, 0.15) is 103 Å². The summed E-state index contributed by atoms with van der Waals surface area (Å²) in [6, 6.07) is -0.847. The van der Waals surface area contributed by atoms with Crippen molar-refractivity contribution >= 4 is 106 Å². The number of esters is 6. The van der Waals surface area contributed by atoms with E-state index < -0.39 is 145 Å². The van der Waals surface area contributed by atoms with Crippen LogP contribution in [0.5, 0.6) is 0 Å². The molecule has 31 nitrogen and oxygen atoms in total. The Kier molecular flexibility index (Phi) is 37.6. The predicted molar refractivity (Wildman–Crippen MR) is 411 cm³/mol. The van der Waals surface area contributed by atoms with E-state index in [-0.39, 0.29) is 128 Å². The molecule has 0 aromatic heterocycles. The second kappa shape index (κ2) is 44.3. The van der Waals surface area contributed by atoms with Crippen LogP contribution in [0.25, 0.3) is 0 Å². The van der Waals surface area contributed by atoms with Crippen molar-refractivity contribution < 1.29 is 104 Å². The van der Waals surface area contributed by atoms with Gasteiger partial charge >= 0.3 is 35.8 Å². The first-order chi connectivity index (χ1) is 53.0. The number of unbranched alkanes of at least 4 members (excludes halogenated alkanes) is 6. The van der Waals surface area contributed by atoms with Crippen molar-refractivity contribution in [2.24, 2.45) is 54.6 Å². The summed E-state index contributed by atoms with van der Waals surface area (Å²) in [6.45, 7) is 26.1. The van der Waals surface area contributed by atoms with Gasteiger partial charge in [0.25, 0.3) is 0 Å². The highest BCUT2D eigenvalue weighted by Crippen LogP contribution is 2.44. The smallest absolute Gasteiger partial charge is 0.323 e. The van der Waals surface area contributed by atoms with Crippen molar-refractivity contribution in [2.45, 2.75) is 241 Å². The summed E-state index contributed by atoms with van der Waals surface area (Å²) in [4.78, 5) is 92.9. The number of aliphatic hydroxyl groups is 2. The summed E-state index contributed by atoms with van der Waals surface area (Å²) >= 11 is 24.2. The second-order valence-corrected chi connectivity index (χ2v) is 28.5. The van der Waals surface area contributed by atoms with Crippen LogP contribution < -0.4 is 28.7 Å². The molecule has 8 heterocycles. The van der Waals surface area contributed by atoms with Crippen LogP contribution in [0.4, 0.5) is 17.6 Å². The summed E-state index contributed by atoms with van der Waals surface area (Å²) in [6.07, 6.45) is 2.24. The molecule has 628 valence electrons. The maximum Gasteiger partial charge on any atom is 0.323 e. The van der Waals surface area contributed by atoms with Crippen LogP contribution in [0, 0.1) is 5.92 Å². The first kappa shape index (κ1) is 95.0. The molecule has 4 saturated heterocycles. The maximum absolute atomic E-state index is 15.6. The number of carbonyl (C=O) groups is 6. The van der Waals surface area contributed by atoms with Crippen LogP contribution in [0.15, 0.2) is 119 Å². The van der Waals surface area contributed by atoms with Gasteiger partial charge in [-0.25, -0.2) is 37.5 Å². The number of halogens is 8. The van der Waals surface area contributed by atoms with Gasteiger partial charge < -0.3 is 106 Å². The number of aliphatic imine (C=N–C) groups is 4. The van der Waals surface area contributed by atoms with E-state index in [9.17, 15) is 47.8 Å². The lowest BCUT2D eigenvalue weighted by molar-refractivity contribution is -0.175. The van der Waals surface area contributed by atoms with Crippen molar-refractivity contribution in [3.8, 4) is 0 Å². The SMILES string of the molecule is C=C1N=C(N)C=CN1[C@@H]1O[C@](CCl)(COC(=O)C(N)C(C)C)[C@@H](O)[C@H]1F.C=C1N=C(N)C=CN1[C@@H]1O[C@](CCl)(COC(=O)CC)[C@@H](OC(=O)CC)[C@H]1F.C=C1N=C(N)C=CN1[C@@H]1O[C@](CCl)(COC(=O)CCCC)[C@@H](OC(=O)CCCC)[C@H]1F.C=C1N=C(N)C=CN1[C@@H]1O[C@](CCl)(COC(=O)CCCCCCC)[C@@H](O)[C@H]1F. The van der Waals surface area contributed by atoms with E-state index in [1.165, 1.54) is 68.7 Å². The third kappa shape index (κ3) is 24.5. The van der Waals surface area contributed by atoms with Gasteiger partial charge in [-0.05, 0) is 49.5 Å². The molecule has 39 heteroatoms. The number of amidine groups is 4. The van der Waals surface area contributed by atoms with Crippen molar-refractivity contribution in [1.82, 2.24) is 19.6 Å². The Bertz CT molecular complexity index is 3550. The first-order valence-electron chi connectivity index (χ1n) is 36.7. The number of rotatable bonds is 34. The largest absolute Gasteiger partial charge is 0.462 e. The predicted octanol–water partition coefficient (Wildman–Crippen LogP) is 7.53. The molecule has 0 aliphatic carbocycles. The topological polar surface area (TPSA) is 428 Å². The van der Waals surface area contributed by atoms with Crippen LogP contribution in [0.1, 0.15) is 138 Å². The lowest BCUT2D eigenvalue weighted by Gasteiger charge is -2.32. The number of hydrogen-bond donors (Lipinski definition) is 7. The third-order valence-electron chi connectivity index (χ3n) is 18.6. The molecule has 8 rings (SSSR count).